The van der Waals surface area contributed by atoms with Crippen LogP contribution in [0.1, 0.15) is 89.0 Å². The van der Waals surface area contributed by atoms with Crippen LogP contribution in [0.5, 0.6) is 0 Å². The SMILES string of the molecule is Cc1c(C)c(C)c(C)c(C)c1C.Cc1cc(C)cc(C)c1.Cc1ccc(C)c(C)c1.Cc1ccc(C)cc1.Cc1cccc(C)c1. The summed E-state index contributed by atoms with van der Waals surface area (Å²) < 4.78 is 0. The van der Waals surface area contributed by atoms with Gasteiger partial charge in [-0.15, -0.1) is 0 Å². The molecule has 0 fully saturated rings. The van der Waals surface area contributed by atoms with Gasteiger partial charge in [0.1, 0.15) is 0 Å². The molecular weight excluding hydrogens is 553 g/mol. The van der Waals surface area contributed by atoms with Crippen molar-refractivity contribution in [2.24, 2.45) is 0 Å². The third-order valence-corrected chi connectivity index (χ3v) is 8.80. The van der Waals surface area contributed by atoms with E-state index in [9.17, 15) is 0 Å². The fourth-order valence-corrected chi connectivity index (χ4v) is 5.23. The van der Waals surface area contributed by atoms with Gasteiger partial charge in [-0.3, -0.25) is 0 Å². The maximum atomic E-state index is 2.21. The van der Waals surface area contributed by atoms with E-state index < -0.39 is 0 Å². The molecule has 5 aromatic rings. The highest BCUT2D eigenvalue weighted by molar-refractivity contribution is 5.48. The van der Waals surface area contributed by atoms with E-state index in [4.69, 9.17) is 0 Å². The predicted octanol–water partition coefficient (Wildman–Crippen LogP) is 13.4. The molecule has 0 heterocycles. The molecule has 246 valence electrons. The van der Waals surface area contributed by atoms with Crippen molar-refractivity contribution in [1.82, 2.24) is 0 Å². The van der Waals surface area contributed by atoms with Gasteiger partial charge in [0.2, 0.25) is 0 Å². The van der Waals surface area contributed by atoms with Crippen molar-refractivity contribution in [3.63, 3.8) is 0 Å². The highest BCUT2D eigenvalue weighted by atomic mass is 14.1. The minimum atomic E-state index is 1.33. The van der Waals surface area contributed by atoms with Crippen molar-refractivity contribution in [2.45, 2.75) is 111 Å². The van der Waals surface area contributed by atoms with Gasteiger partial charge in [-0.25, -0.2) is 0 Å². The largest absolute Gasteiger partial charge is 0.0617 e. The highest BCUT2D eigenvalue weighted by Gasteiger charge is 2.07. The van der Waals surface area contributed by atoms with Crippen LogP contribution in [0.2, 0.25) is 0 Å². The third-order valence-electron chi connectivity index (χ3n) is 8.80. The summed E-state index contributed by atoms with van der Waals surface area (Å²) in [6.07, 6.45) is 0. The van der Waals surface area contributed by atoms with E-state index in [1.165, 1.54) is 89.0 Å². The van der Waals surface area contributed by atoms with Crippen molar-refractivity contribution in [2.75, 3.05) is 0 Å². The Kier molecular flexibility index (Phi) is 17.1. The van der Waals surface area contributed by atoms with E-state index in [-0.39, 0.29) is 0 Å². The summed E-state index contributed by atoms with van der Waals surface area (Å²) in [5.74, 6) is 0. The van der Waals surface area contributed by atoms with E-state index in [0.717, 1.165) is 0 Å². The first-order valence-electron chi connectivity index (χ1n) is 16.6. The molecule has 0 unspecified atom stereocenters. The molecule has 0 heteroatoms. The molecule has 0 amide bonds. The van der Waals surface area contributed by atoms with Gasteiger partial charge in [0.05, 0.1) is 0 Å². The van der Waals surface area contributed by atoms with Crippen LogP contribution in [-0.4, -0.2) is 0 Å². The van der Waals surface area contributed by atoms with E-state index >= 15 is 0 Å². The summed E-state index contributed by atoms with van der Waals surface area (Å²) in [5.41, 5.74) is 22.2. The number of benzene rings is 5. The standard InChI is InChI=1S/C12H18.2C9H12.2C8H10/c1-7-8(2)10(4)12(6)11(5)9(7)3;1-7-4-8(2)6-9(3)5-7;1-7-4-5-8(2)9(3)6-7;1-7-3-5-8(2)6-4-7;1-7-4-3-5-8(2)6-7/h1-6H3;2*4-6H,1-3H3;2*3-6H,1-2H3. The van der Waals surface area contributed by atoms with Gasteiger partial charge in [0.25, 0.3) is 0 Å². The Bertz CT molecular complexity index is 1470. The number of hydrogen-bond donors (Lipinski definition) is 0. The molecule has 0 N–H and O–H groups in total. The van der Waals surface area contributed by atoms with Crippen LogP contribution >= 0.6 is 0 Å². The van der Waals surface area contributed by atoms with Crippen LogP contribution in [0.15, 0.2) is 84.9 Å². The lowest BCUT2D eigenvalue weighted by Gasteiger charge is -2.15. The Labute approximate surface area is 284 Å². The van der Waals surface area contributed by atoms with Crippen LogP contribution in [0.4, 0.5) is 0 Å². The number of aryl methyl sites for hydroxylation is 10. The molecule has 0 radical (unpaired) electrons. The number of hydrogen-bond acceptors (Lipinski definition) is 0. The normalized spacial score (nSPS) is 9.74. The van der Waals surface area contributed by atoms with Gasteiger partial charge in [-0.2, -0.15) is 0 Å². The fraction of sp³-hybridized carbons (Fsp3) is 0.348. The zero-order chi connectivity index (χ0) is 35.1. The van der Waals surface area contributed by atoms with Gasteiger partial charge in [-0.05, 0) is 155 Å². The minimum absolute atomic E-state index is 1.33. The molecule has 0 bridgehead atoms. The van der Waals surface area contributed by atoms with E-state index in [0.29, 0.717) is 0 Å². The molecule has 46 heavy (non-hydrogen) atoms. The number of rotatable bonds is 0. The summed E-state index contributed by atoms with van der Waals surface area (Å²) in [4.78, 5) is 0. The second-order valence-corrected chi connectivity index (χ2v) is 13.3. The predicted molar refractivity (Wildman–Crippen MR) is 208 cm³/mol. The van der Waals surface area contributed by atoms with Crippen molar-refractivity contribution < 1.29 is 0 Å². The van der Waals surface area contributed by atoms with Gasteiger partial charge < -0.3 is 0 Å². The summed E-state index contributed by atoms with van der Waals surface area (Å²) in [6, 6.07) is 30.0. The van der Waals surface area contributed by atoms with E-state index in [1.54, 1.807) is 0 Å². The lowest BCUT2D eigenvalue weighted by Crippen LogP contribution is -1.98. The second-order valence-electron chi connectivity index (χ2n) is 13.3. The molecular formula is C46H62. The van der Waals surface area contributed by atoms with Crippen LogP contribution in [-0.2, 0) is 0 Å². The van der Waals surface area contributed by atoms with E-state index in [2.05, 4.69) is 196 Å². The Balaban J connectivity index is 0.000000290. The minimum Gasteiger partial charge on any atom is -0.0617 e. The Morgan fingerprint density at radius 2 is 0.478 bits per heavy atom. The zero-order valence-electron chi connectivity index (χ0n) is 32.1. The maximum Gasteiger partial charge on any atom is -0.0392 e. The molecule has 0 aromatic heterocycles. The Morgan fingerprint density at radius 3 is 0.717 bits per heavy atom. The van der Waals surface area contributed by atoms with Crippen molar-refractivity contribution in [1.29, 1.82) is 0 Å². The van der Waals surface area contributed by atoms with Gasteiger partial charge in [0.15, 0.2) is 0 Å². The molecule has 0 aliphatic rings. The topological polar surface area (TPSA) is 0 Å². The van der Waals surface area contributed by atoms with Crippen molar-refractivity contribution >= 4 is 0 Å². The summed E-state index contributed by atoms with van der Waals surface area (Å²) in [7, 11) is 0. The quantitative estimate of drug-likeness (QED) is 0.163. The first kappa shape index (κ1) is 40.1. The van der Waals surface area contributed by atoms with Gasteiger partial charge in [-0.1, -0.05) is 129 Å². The molecule has 0 nitrogen and oxygen atoms in total. The second kappa shape index (κ2) is 19.6. The fourth-order valence-electron chi connectivity index (χ4n) is 5.23. The zero-order valence-corrected chi connectivity index (χ0v) is 32.1. The van der Waals surface area contributed by atoms with Crippen LogP contribution in [0.25, 0.3) is 0 Å². The lowest BCUT2D eigenvalue weighted by atomic mass is 9.90. The molecule has 0 aliphatic heterocycles. The van der Waals surface area contributed by atoms with Crippen molar-refractivity contribution in [3.8, 4) is 0 Å². The first-order valence-corrected chi connectivity index (χ1v) is 16.6. The molecule has 0 atom stereocenters. The average Bonchev–Trinajstić information content (AvgIpc) is 2.98. The van der Waals surface area contributed by atoms with Crippen molar-refractivity contribution in [3.05, 3.63) is 174 Å². The monoisotopic (exact) mass is 614 g/mol. The average molecular weight is 615 g/mol. The molecule has 0 aliphatic carbocycles. The Hall–Kier alpha value is -3.90. The lowest BCUT2D eigenvalue weighted by molar-refractivity contribution is 1.13. The summed E-state index contributed by atoms with van der Waals surface area (Å²) >= 11 is 0. The van der Waals surface area contributed by atoms with Gasteiger partial charge >= 0.3 is 0 Å². The summed E-state index contributed by atoms with van der Waals surface area (Å²) in [6.45, 7) is 34.4. The first-order chi connectivity index (χ1) is 21.4. The molecule has 0 spiro atoms. The van der Waals surface area contributed by atoms with E-state index in [1.807, 2.05) is 0 Å². The maximum absolute atomic E-state index is 2.21. The molecule has 0 saturated heterocycles. The van der Waals surface area contributed by atoms with Gasteiger partial charge in [0, 0.05) is 0 Å². The van der Waals surface area contributed by atoms with Crippen LogP contribution < -0.4 is 0 Å². The molecule has 0 saturated carbocycles. The molecule has 5 aromatic carbocycles. The van der Waals surface area contributed by atoms with Crippen LogP contribution in [0, 0.1) is 111 Å². The highest BCUT2D eigenvalue weighted by Crippen LogP contribution is 2.24. The summed E-state index contributed by atoms with van der Waals surface area (Å²) in [5, 5.41) is 0. The molecule has 5 rings (SSSR count). The van der Waals surface area contributed by atoms with Crippen LogP contribution in [0.3, 0.4) is 0 Å². The Morgan fingerprint density at radius 1 is 0.217 bits per heavy atom. The third kappa shape index (κ3) is 14.5. The smallest absolute Gasteiger partial charge is 0.0392 e.